The van der Waals surface area contributed by atoms with Gasteiger partial charge in [0.15, 0.2) is 0 Å². The largest absolute Gasteiger partial charge is 0.506 e. The quantitative estimate of drug-likeness (QED) is 0.351. The van der Waals surface area contributed by atoms with E-state index in [9.17, 15) is 14.7 Å². The molecule has 1 N–H and O–H groups in total. The fraction of sp³-hybridized carbons (Fsp3) is 0.115. The lowest BCUT2D eigenvalue weighted by atomic mass is 10.1. The second-order valence-corrected chi connectivity index (χ2v) is 9.27. The van der Waals surface area contributed by atoms with Crippen LogP contribution in [-0.4, -0.2) is 28.6 Å². The van der Waals surface area contributed by atoms with Gasteiger partial charge in [-0.2, -0.15) is 0 Å². The van der Waals surface area contributed by atoms with Gasteiger partial charge in [-0.1, -0.05) is 53.2 Å². The van der Waals surface area contributed by atoms with Crippen molar-refractivity contribution in [2.45, 2.75) is 13.8 Å². The highest BCUT2D eigenvalue weighted by Crippen LogP contribution is 2.40. The monoisotopic (exact) mass is 527 g/mol. The molecule has 1 aliphatic rings. The number of carbonyl (C=O) groups is 2. The zero-order valence-corrected chi connectivity index (χ0v) is 21.0. The number of furan rings is 1. The van der Waals surface area contributed by atoms with Crippen LogP contribution in [0.2, 0.25) is 10.0 Å². The van der Waals surface area contributed by atoms with Gasteiger partial charge in [0, 0.05) is 11.1 Å². The van der Waals surface area contributed by atoms with E-state index in [4.69, 9.17) is 32.4 Å². The van der Waals surface area contributed by atoms with Crippen molar-refractivity contribution in [3.05, 3.63) is 97.8 Å². The second-order valence-electron chi connectivity index (χ2n) is 7.42. The Balaban J connectivity index is 1.69. The number of nitrogens with zero attached hydrogens (tertiary/aromatic N) is 1. The Hall–Kier alpha value is -3.26. The molecule has 0 saturated carbocycles. The van der Waals surface area contributed by atoms with Crippen LogP contribution in [0.4, 0.5) is 0 Å². The van der Waals surface area contributed by atoms with Crippen molar-refractivity contribution < 1.29 is 23.8 Å². The third-order valence-electron chi connectivity index (χ3n) is 5.05. The highest BCUT2D eigenvalue weighted by molar-refractivity contribution is 8.18. The standard InChI is InChI=1S/C26H19Cl2NO5S/c1-3-33-26(32)22-23(30)21(35-25(22)29-24(31)17-7-5-4-6-14(17)2)13-16-9-11-20(34-16)15-8-10-18(27)19(28)12-15/h4-13,30H,3H2,1-2H3/b21-13-,29-25?. The molecule has 2 heterocycles. The fourth-order valence-electron chi connectivity index (χ4n) is 3.32. The Morgan fingerprint density at radius 2 is 1.89 bits per heavy atom. The zero-order valence-electron chi connectivity index (χ0n) is 18.7. The molecular weight excluding hydrogens is 509 g/mol. The van der Waals surface area contributed by atoms with Gasteiger partial charge in [0.25, 0.3) is 5.91 Å². The van der Waals surface area contributed by atoms with Crippen LogP contribution in [0.1, 0.15) is 28.6 Å². The Morgan fingerprint density at radius 3 is 2.60 bits per heavy atom. The van der Waals surface area contributed by atoms with Crippen LogP contribution in [0.5, 0.6) is 0 Å². The molecule has 4 rings (SSSR count). The minimum absolute atomic E-state index is 0.0525. The average molecular weight is 528 g/mol. The number of ether oxygens (including phenoxy) is 1. The first kappa shape index (κ1) is 24.9. The van der Waals surface area contributed by atoms with Gasteiger partial charge >= 0.3 is 5.97 Å². The van der Waals surface area contributed by atoms with Crippen molar-refractivity contribution >= 4 is 58.0 Å². The summed E-state index contributed by atoms with van der Waals surface area (Å²) in [4.78, 5) is 29.8. The number of halogens is 2. The van der Waals surface area contributed by atoms with Crippen LogP contribution >= 0.6 is 35.0 Å². The van der Waals surface area contributed by atoms with Gasteiger partial charge in [0.1, 0.15) is 27.9 Å². The molecule has 0 unspecified atom stereocenters. The van der Waals surface area contributed by atoms with E-state index in [2.05, 4.69) is 4.99 Å². The molecule has 2 aromatic carbocycles. The van der Waals surface area contributed by atoms with Gasteiger partial charge in [0.05, 0.1) is 21.6 Å². The normalized spacial score (nSPS) is 15.8. The van der Waals surface area contributed by atoms with Crippen LogP contribution in [-0.2, 0) is 9.53 Å². The number of benzene rings is 2. The number of thioether (sulfide) groups is 1. The van der Waals surface area contributed by atoms with Crippen LogP contribution in [0, 0.1) is 6.92 Å². The van der Waals surface area contributed by atoms with Gasteiger partial charge in [-0.3, -0.25) is 4.79 Å². The van der Waals surface area contributed by atoms with Gasteiger partial charge in [-0.25, -0.2) is 9.79 Å². The van der Waals surface area contributed by atoms with Gasteiger partial charge in [-0.05, 0) is 61.9 Å². The summed E-state index contributed by atoms with van der Waals surface area (Å²) in [7, 11) is 0. The molecule has 6 nitrogen and oxygen atoms in total. The summed E-state index contributed by atoms with van der Waals surface area (Å²) in [5.74, 6) is -0.683. The first-order chi connectivity index (χ1) is 16.8. The van der Waals surface area contributed by atoms with Crippen molar-refractivity contribution in [3.63, 3.8) is 0 Å². The molecule has 178 valence electrons. The molecule has 35 heavy (non-hydrogen) atoms. The summed E-state index contributed by atoms with van der Waals surface area (Å²) < 4.78 is 11.0. The number of aliphatic hydroxyl groups is 1. The number of amides is 1. The van der Waals surface area contributed by atoms with E-state index in [1.165, 1.54) is 0 Å². The van der Waals surface area contributed by atoms with E-state index < -0.39 is 11.9 Å². The Morgan fingerprint density at radius 1 is 1.11 bits per heavy atom. The van der Waals surface area contributed by atoms with E-state index in [0.717, 1.165) is 22.9 Å². The topological polar surface area (TPSA) is 89.1 Å². The van der Waals surface area contributed by atoms with E-state index in [1.54, 1.807) is 68.5 Å². The minimum Gasteiger partial charge on any atom is -0.506 e. The van der Waals surface area contributed by atoms with Crippen molar-refractivity contribution in [1.29, 1.82) is 0 Å². The highest BCUT2D eigenvalue weighted by Gasteiger charge is 2.34. The predicted octanol–water partition coefficient (Wildman–Crippen LogP) is 7.26. The number of aliphatic hydroxyl groups excluding tert-OH is 1. The maximum Gasteiger partial charge on any atom is 0.344 e. The van der Waals surface area contributed by atoms with Crippen LogP contribution in [0.3, 0.4) is 0 Å². The summed E-state index contributed by atoms with van der Waals surface area (Å²) in [6, 6.07) is 15.6. The maximum atomic E-state index is 12.8. The number of hydrogen-bond acceptors (Lipinski definition) is 6. The molecule has 0 radical (unpaired) electrons. The van der Waals surface area contributed by atoms with E-state index in [1.807, 2.05) is 6.07 Å². The first-order valence-corrected chi connectivity index (χ1v) is 12.1. The average Bonchev–Trinajstić information content (AvgIpc) is 3.41. The molecular formula is C26H19Cl2NO5S. The molecule has 3 aromatic rings. The summed E-state index contributed by atoms with van der Waals surface area (Å²) in [6.07, 6.45) is 1.56. The van der Waals surface area contributed by atoms with Crippen LogP contribution < -0.4 is 0 Å². The smallest absolute Gasteiger partial charge is 0.344 e. The Labute approximate surface area is 215 Å². The SMILES string of the molecule is CCOC(=O)C1=C(O)/C(=C/c2ccc(-c3ccc(Cl)c(Cl)c3)o2)SC1=NC(=O)c1ccccc1C. The molecule has 1 aliphatic heterocycles. The summed E-state index contributed by atoms with van der Waals surface area (Å²) >= 11 is 13.1. The third-order valence-corrected chi connectivity index (χ3v) is 6.81. The summed E-state index contributed by atoms with van der Waals surface area (Å²) in [5, 5.41) is 11.7. The lowest BCUT2D eigenvalue weighted by Gasteiger charge is -2.04. The molecule has 1 amide bonds. The van der Waals surface area contributed by atoms with Gasteiger partial charge < -0.3 is 14.3 Å². The minimum atomic E-state index is -0.770. The molecule has 0 saturated heterocycles. The van der Waals surface area contributed by atoms with Crippen LogP contribution in [0.15, 0.2) is 80.2 Å². The molecule has 9 heteroatoms. The molecule has 1 aromatic heterocycles. The van der Waals surface area contributed by atoms with Crippen molar-refractivity contribution in [2.75, 3.05) is 6.61 Å². The van der Waals surface area contributed by atoms with Gasteiger partial charge in [-0.15, -0.1) is 0 Å². The van der Waals surface area contributed by atoms with Gasteiger partial charge in [0.2, 0.25) is 0 Å². The first-order valence-electron chi connectivity index (χ1n) is 10.5. The molecule has 0 bridgehead atoms. The summed E-state index contributed by atoms with van der Waals surface area (Å²) in [5.41, 5.74) is 1.71. The number of aliphatic imine (C=N–C) groups is 1. The number of rotatable bonds is 5. The Bertz CT molecular complexity index is 1420. The maximum absolute atomic E-state index is 12.8. The van der Waals surface area contributed by atoms with Crippen molar-refractivity contribution in [2.24, 2.45) is 4.99 Å². The number of hydrogen-bond donors (Lipinski definition) is 1. The molecule has 0 fully saturated rings. The molecule has 0 atom stereocenters. The lowest BCUT2D eigenvalue weighted by Crippen LogP contribution is -2.14. The predicted molar refractivity (Wildman–Crippen MR) is 139 cm³/mol. The van der Waals surface area contributed by atoms with Crippen LogP contribution in [0.25, 0.3) is 17.4 Å². The second kappa shape index (κ2) is 10.6. The lowest BCUT2D eigenvalue weighted by molar-refractivity contribution is -0.138. The van der Waals surface area contributed by atoms with Crippen molar-refractivity contribution in [3.8, 4) is 11.3 Å². The Kier molecular flexibility index (Phi) is 7.50. The fourth-order valence-corrected chi connectivity index (χ4v) is 4.61. The number of carbonyl (C=O) groups excluding carboxylic acids is 2. The highest BCUT2D eigenvalue weighted by atomic mass is 35.5. The van der Waals surface area contributed by atoms with E-state index in [-0.39, 0.29) is 23.0 Å². The zero-order chi connectivity index (χ0) is 25.1. The van der Waals surface area contributed by atoms with E-state index >= 15 is 0 Å². The third kappa shape index (κ3) is 5.37. The number of esters is 1. The number of aryl methyl sites for hydroxylation is 1. The molecule has 0 spiro atoms. The summed E-state index contributed by atoms with van der Waals surface area (Å²) in [6.45, 7) is 3.54. The van der Waals surface area contributed by atoms with E-state index in [0.29, 0.717) is 32.0 Å². The van der Waals surface area contributed by atoms with Crippen molar-refractivity contribution in [1.82, 2.24) is 0 Å². The molecule has 0 aliphatic carbocycles.